The van der Waals surface area contributed by atoms with Crippen LogP contribution in [0.4, 0.5) is 0 Å². The number of amides is 1. The van der Waals surface area contributed by atoms with Gasteiger partial charge in [0.2, 0.25) is 5.91 Å². The Morgan fingerprint density at radius 3 is 2.76 bits per heavy atom. The molecule has 3 rings (SSSR count). The molecule has 3 nitrogen and oxygen atoms in total. The van der Waals surface area contributed by atoms with Crippen LogP contribution in [0.3, 0.4) is 0 Å². The largest absolute Gasteiger partial charge is 0.349 e. The monoisotopic (exact) mass is 372 g/mol. The molecule has 0 saturated heterocycles. The topological polar surface area (TPSA) is 55.1 Å². The van der Waals surface area contributed by atoms with Gasteiger partial charge in [-0.15, -0.1) is 12.4 Å². The van der Waals surface area contributed by atoms with Crippen LogP contribution in [0.25, 0.3) is 0 Å². The van der Waals surface area contributed by atoms with E-state index in [9.17, 15) is 4.79 Å². The first-order valence-corrected chi connectivity index (χ1v) is 8.10. The van der Waals surface area contributed by atoms with Crippen molar-refractivity contribution < 1.29 is 4.79 Å². The van der Waals surface area contributed by atoms with Crippen molar-refractivity contribution in [3.8, 4) is 0 Å². The summed E-state index contributed by atoms with van der Waals surface area (Å²) >= 11 is 3.49. The second kappa shape index (κ2) is 6.27. The number of rotatable bonds is 5. The second-order valence-corrected chi connectivity index (χ2v) is 7.30. The van der Waals surface area contributed by atoms with E-state index in [1.807, 2.05) is 12.1 Å². The van der Waals surface area contributed by atoms with Crippen LogP contribution in [0.5, 0.6) is 0 Å². The molecule has 2 aliphatic rings. The lowest BCUT2D eigenvalue weighted by Crippen LogP contribution is -2.53. The average molecular weight is 374 g/mol. The van der Waals surface area contributed by atoms with Gasteiger partial charge in [-0.1, -0.05) is 28.1 Å². The number of benzene rings is 1. The normalized spacial score (nSPS) is 26.4. The van der Waals surface area contributed by atoms with Gasteiger partial charge in [0.05, 0.1) is 5.54 Å². The van der Waals surface area contributed by atoms with Crippen molar-refractivity contribution in [3.63, 3.8) is 0 Å². The molecule has 0 radical (unpaired) electrons. The van der Waals surface area contributed by atoms with Gasteiger partial charge < -0.3 is 11.1 Å². The summed E-state index contributed by atoms with van der Waals surface area (Å²) < 4.78 is 1.07. The number of hydrogen-bond donors (Lipinski definition) is 2. The highest BCUT2D eigenvalue weighted by atomic mass is 79.9. The smallest absolute Gasteiger partial charge is 0.224 e. The van der Waals surface area contributed by atoms with Gasteiger partial charge >= 0.3 is 0 Å². The van der Waals surface area contributed by atoms with Gasteiger partial charge in [-0.05, 0) is 55.7 Å². The van der Waals surface area contributed by atoms with E-state index in [2.05, 4.69) is 40.3 Å². The molecule has 2 fully saturated rings. The maximum atomic E-state index is 12.4. The molecule has 5 heteroatoms. The number of carbonyl (C=O) groups is 1. The SMILES string of the molecule is CC(CN)(NC(=O)C1CC1c1cccc(Br)c1)C1CC1.Cl. The van der Waals surface area contributed by atoms with E-state index in [0.29, 0.717) is 18.4 Å². The molecular weight excluding hydrogens is 352 g/mol. The van der Waals surface area contributed by atoms with Crippen molar-refractivity contribution in [3.05, 3.63) is 34.3 Å². The molecule has 1 amide bonds. The summed E-state index contributed by atoms with van der Waals surface area (Å²) in [6, 6.07) is 8.26. The fourth-order valence-corrected chi connectivity index (χ4v) is 3.42. The maximum absolute atomic E-state index is 12.4. The van der Waals surface area contributed by atoms with Gasteiger partial charge in [-0.3, -0.25) is 4.79 Å². The number of nitrogens with one attached hydrogen (secondary N) is 1. The van der Waals surface area contributed by atoms with Gasteiger partial charge in [0.25, 0.3) is 0 Å². The Bertz CT molecular complexity index is 535. The first kappa shape index (κ1) is 16.8. The van der Waals surface area contributed by atoms with Crippen LogP contribution < -0.4 is 11.1 Å². The molecule has 0 spiro atoms. The Morgan fingerprint density at radius 1 is 1.48 bits per heavy atom. The van der Waals surface area contributed by atoms with Gasteiger partial charge in [0.1, 0.15) is 0 Å². The van der Waals surface area contributed by atoms with Crippen molar-refractivity contribution in [1.29, 1.82) is 0 Å². The predicted octanol–water partition coefficient (Wildman–Crippen LogP) is 3.22. The quantitative estimate of drug-likeness (QED) is 0.832. The van der Waals surface area contributed by atoms with Crippen molar-refractivity contribution in [2.75, 3.05) is 6.54 Å². The Morgan fingerprint density at radius 2 is 2.19 bits per heavy atom. The summed E-state index contributed by atoms with van der Waals surface area (Å²) in [5, 5.41) is 3.21. The van der Waals surface area contributed by atoms with Crippen molar-refractivity contribution in [2.45, 2.75) is 37.6 Å². The van der Waals surface area contributed by atoms with Gasteiger partial charge in [0.15, 0.2) is 0 Å². The molecule has 3 N–H and O–H groups in total. The van der Waals surface area contributed by atoms with Crippen LogP contribution in [0.1, 0.15) is 37.7 Å². The molecule has 0 bridgehead atoms. The zero-order valence-corrected chi connectivity index (χ0v) is 14.5. The van der Waals surface area contributed by atoms with E-state index < -0.39 is 0 Å². The van der Waals surface area contributed by atoms with E-state index >= 15 is 0 Å². The zero-order chi connectivity index (χ0) is 14.3. The minimum Gasteiger partial charge on any atom is -0.349 e. The lowest BCUT2D eigenvalue weighted by molar-refractivity contribution is -0.124. The Kier molecular flexibility index (Phi) is 5.01. The zero-order valence-electron chi connectivity index (χ0n) is 12.1. The minimum atomic E-state index is -0.207. The fraction of sp³-hybridized carbons (Fsp3) is 0.562. The van der Waals surface area contributed by atoms with Crippen molar-refractivity contribution >= 4 is 34.2 Å². The summed E-state index contributed by atoms with van der Waals surface area (Å²) in [7, 11) is 0. The molecule has 1 aromatic rings. The summed E-state index contributed by atoms with van der Waals surface area (Å²) in [5.74, 6) is 1.23. The van der Waals surface area contributed by atoms with Gasteiger partial charge in [-0.25, -0.2) is 0 Å². The van der Waals surface area contributed by atoms with Crippen molar-refractivity contribution in [2.24, 2.45) is 17.6 Å². The second-order valence-electron chi connectivity index (χ2n) is 6.39. The van der Waals surface area contributed by atoms with Crippen LogP contribution in [0.15, 0.2) is 28.7 Å². The third kappa shape index (κ3) is 3.61. The van der Waals surface area contributed by atoms with Crippen LogP contribution in [0, 0.1) is 11.8 Å². The Labute approximate surface area is 140 Å². The Hall–Kier alpha value is -0.580. The Balaban J connectivity index is 0.00000161. The van der Waals surface area contributed by atoms with E-state index in [1.54, 1.807) is 0 Å². The molecule has 0 aromatic heterocycles. The summed E-state index contributed by atoms with van der Waals surface area (Å²) in [6.45, 7) is 2.61. The molecule has 2 aliphatic carbocycles. The van der Waals surface area contributed by atoms with E-state index in [-0.39, 0.29) is 29.8 Å². The standard InChI is InChI=1S/C16H21BrN2O.ClH/c1-16(9-18,11-5-6-11)19-15(20)14-8-13(14)10-3-2-4-12(17)7-10;/h2-4,7,11,13-14H,5-6,8-9,18H2,1H3,(H,19,20);1H. The third-order valence-corrected chi connectivity index (χ3v) is 5.21. The summed E-state index contributed by atoms with van der Waals surface area (Å²) in [5.41, 5.74) is 6.91. The molecule has 3 atom stereocenters. The predicted molar refractivity (Wildman–Crippen MR) is 90.6 cm³/mol. The number of nitrogens with two attached hydrogens (primary N) is 1. The maximum Gasteiger partial charge on any atom is 0.224 e. The third-order valence-electron chi connectivity index (χ3n) is 4.72. The lowest BCUT2D eigenvalue weighted by Gasteiger charge is -2.29. The van der Waals surface area contributed by atoms with Crippen LogP contribution in [-0.4, -0.2) is 18.0 Å². The molecule has 0 aliphatic heterocycles. The molecule has 1 aromatic carbocycles. The summed E-state index contributed by atoms with van der Waals surface area (Å²) in [6.07, 6.45) is 3.33. The highest BCUT2D eigenvalue weighted by molar-refractivity contribution is 9.10. The first-order chi connectivity index (χ1) is 9.53. The molecule has 21 heavy (non-hydrogen) atoms. The number of hydrogen-bond acceptors (Lipinski definition) is 2. The van der Waals surface area contributed by atoms with Crippen molar-refractivity contribution in [1.82, 2.24) is 5.32 Å². The highest BCUT2D eigenvalue weighted by Gasteiger charge is 2.48. The fourth-order valence-electron chi connectivity index (χ4n) is 3.00. The average Bonchev–Trinajstić information content (AvgIpc) is 3.30. The van der Waals surface area contributed by atoms with E-state index in [1.165, 1.54) is 18.4 Å². The van der Waals surface area contributed by atoms with Crippen LogP contribution in [0.2, 0.25) is 0 Å². The molecule has 3 unspecified atom stereocenters. The highest BCUT2D eigenvalue weighted by Crippen LogP contribution is 2.49. The first-order valence-electron chi connectivity index (χ1n) is 7.31. The van der Waals surface area contributed by atoms with Crippen LogP contribution >= 0.6 is 28.3 Å². The molecular formula is C16H22BrClN2O. The van der Waals surface area contributed by atoms with E-state index in [4.69, 9.17) is 5.73 Å². The molecule has 116 valence electrons. The lowest BCUT2D eigenvalue weighted by atomic mass is 9.95. The minimum absolute atomic E-state index is 0. The molecule has 0 heterocycles. The summed E-state index contributed by atoms with van der Waals surface area (Å²) in [4.78, 5) is 12.4. The van der Waals surface area contributed by atoms with Gasteiger partial charge in [-0.2, -0.15) is 0 Å². The van der Waals surface area contributed by atoms with Crippen LogP contribution in [-0.2, 0) is 4.79 Å². The van der Waals surface area contributed by atoms with E-state index in [0.717, 1.165) is 10.9 Å². The molecule has 2 saturated carbocycles. The number of halogens is 2. The van der Waals surface area contributed by atoms with Gasteiger partial charge in [0, 0.05) is 16.9 Å². The number of carbonyl (C=O) groups excluding carboxylic acids is 1.